The van der Waals surface area contributed by atoms with E-state index in [-0.39, 0.29) is 0 Å². The second kappa shape index (κ2) is 4.71. The normalized spacial score (nSPS) is 9.94. The van der Waals surface area contributed by atoms with Crippen molar-refractivity contribution in [3.8, 4) is 11.8 Å². The Bertz CT molecular complexity index is 566. The number of hydrogen-bond donors (Lipinski definition) is 0. The van der Waals surface area contributed by atoms with Gasteiger partial charge in [0.2, 0.25) is 0 Å². The van der Waals surface area contributed by atoms with Crippen molar-refractivity contribution in [2.24, 2.45) is 0 Å². The van der Waals surface area contributed by atoms with Crippen LogP contribution in [0.2, 0.25) is 0 Å². The Morgan fingerprint density at radius 2 is 2.18 bits per heavy atom. The summed E-state index contributed by atoms with van der Waals surface area (Å²) in [5.41, 5.74) is 2.42. The summed E-state index contributed by atoms with van der Waals surface area (Å²) in [7, 11) is 1.64. The second-order valence-corrected chi connectivity index (χ2v) is 3.75. The summed E-state index contributed by atoms with van der Waals surface area (Å²) in [6, 6.07) is 11.6. The van der Waals surface area contributed by atoms with Crippen LogP contribution in [0.4, 0.5) is 0 Å². The molecule has 0 saturated carbocycles. The zero-order valence-corrected chi connectivity index (χ0v) is 9.84. The van der Waals surface area contributed by atoms with E-state index in [2.05, 4.69) is 11.2 Å². The van der Waals surface area contributed by atoms with Gasteiger partial charge in [0.1, 0.15) is 17.5 Å². The summed E-state index contributed by atoms with van der Waals surface area (Å²) in [5.74, 6) is 0.810. The molecule has 86 valence electrons. The Labute approximate surface area is 100 Å². The second-order valence-electron chi connectivity index (χ2n) is 3.75. The molecule has 0 amide bonds. The van der Waals surface area contributed by atoms with E-state index < -0.39 is 0 Å². The first-order valence-electron chi connectivity index (χ1n) is 5.31. The lowest BCUT2D eigenvalue weighted by Gasteiger charge is -2.08. The SMILES string of the molecule is COc1ccccc1Cn1nc(C)cc1C#N. The minimum Gasteiger partial charge on any atom is -0.496 e. The number of methoxy groups -OCH3 is 1. The molecule has 1 heterocycles. The molecular formula is C13H13N3O. The summed E-state index contributed by atoms with van der Waals surface area (Å²) in [6.07, 6.45) is 0. The van der Waals surface area contributed by atoms with Gasteiger partial charge in [-0.2, -0.15) is 10.4 Å². The molecule has 0 aliphatic heterocycles. The van der Waals surface area contributed by atoms with Gasteiger partial charge in [0.25, 0.3) is 0 Å². The van der Waals surface area contributed by atoms with E-state index in [0.29, 0.717) is 12.2 Å². The first kappa shape index (κ1) is 11.2. The molecular weight excluding hydrogens is 214 g/mol. The van der Waals surface area contributed by atoms with Crippen LogP contribution in [0.5, 0.6) is 5.75 Å². The predicted molar refractivity (Wildman–Crippen MR) is 63.8 cm³/mol. The number of hydrogen-bond acceptors (Lipinski definition) is 3. The maximum absolute atomic E-state index is 8.99. The van der Waals surface area contributed by atoms with E-state index in [1.165, 1.54) is 0 Å². The Kier molecular flexibility index (Phi) is 3.10. The van der Waals surface area contributed by atoms with Crippen LogP contribution in [0.3, 0.4) is 0 Å². The number of nitriles is 1. The average molecular weight is 227 g/mol. The number of aryl methyl sites for hydroxylation is 1. The lowest BCUT2D eigenvalue weighted by Crippen LogP contribution is -2.05. The van der Waals surface area contributed by atoms with Crippen molar-refractivity contribution in [3.05, 3.63) is 47.3 Å². The molecule has 0 saturated heterocycles. The van der Waals surface area contributed by atoms with E-state index in [4.69, 9.17) is 10.00 Å². The number of rotatable bonds is 3. The van der Waals surface area contributed by atoms with Crippen LogP contribution in [0.25, 0.3) is 0 Å². The van der Waals surface area contributed by atoms with Gasteiger partial charge in [-0.25, -0.2) is 0 Å². The van der Waals surface area contributed by atoms with E-state index in [1.807, 2.05) is 31.2 Å². The van der Waals surface area contributed by atoms with Crippen molar-refractivity contribution in [3.63, 3.8) is 0 Å². The molecule has 2 aromatic rings. The maximum atomic E-state index is 8.99. The van der Waals surface area contributed by atoms with Gasteiger partial charge in [0, 0.05) is 5.56 Å². The van der Waals surface area contributed by atoms with Crippen molar-refractivity contribution in [2.75, 3.05) is 7.11 Å². The minimum absolute atomic E-state index is 0.542. The Morgan fingerprint density at radius 3 is 2.88 bits per heavy atom. The van der Waals surface area contributed by atoms with Gasteiger partial charge in [0.05, 0.1) is 19.3 Å². The largest absolute Gasteiger partial charge is 0.496 e. The summed E-state index contributed by atoms with van der Waals surface area (Å²) in [4.78, 5) is 0. The predicted octanol–water partition coefficient (Wildman–Crippen LogP) is 2.12. The van der Waals surface area contributed by atoms with Crippen molar-refractivity contribution in [2.45, 2.75) is 13.5 Å². The smallest absolute Gasteiger partial charge is 0.139 e. The molecule has 0 N–H and O–H groups in total. The highest BCUT2D eigenvalue weighted by Crippen LogP contribution is 2.19. The molecule has 1 aromatic heterocycles. The molecule has 0 spiro atoms. The molecule has 4 heteroatoms. The van der Waals surface area contributed by atoms with E-state index in [9.17, 15) is 0 Å². The molecule has 4 nitrogen and oxygen atoms in total. The van der Waals surface area contributed by atoms with Crippen LogP contribution in [-0.4, -0.2) is 16.9 Å². The van der Waals surface area contributed by atoms with Crippen LogP contribution in [0.1, 0.15) is 17.0 Å². The third-order valence-corrected chi connectivity index (χ3v) is 2.53. The summed E-state index contributed by atoms with van der Waals surface area (Å²) >= 11 is 0. The fourth-order valence-corrected chi connectivity index (χ4v) is 1.75. The Balaban J connectivity index is 2.35. The molecule has 1 aromatic carbocycles. The zero-order valence-electron chi connectivity index (χ0n) is 9.84. The van der Waals surface area contributed by atoms with Crippen LogP contribution in [-0.2, 0) is 6.54 Å². The number of benzene rings is 1. The molecule has 0 radical (unpaired) electrons. The first-order chi connectivity index (χ1) is 8.24. The number of nitrogens with zero attached hydrogens (tertiary/aromatic N) is 3. The molecule has 0 unspecified atom stereocenters. The zero-order chi connectivity index (χ0) is 12.3. The number of para-hydroxylation sites is 1. The van der Waals surface area contributed by atoms with Crippen molar-refractivity contribution in [1.82, 2.24) is 9.78 Å². The highest BCUT2D eigenvalue weighted by atomic mass is 16.5. The molecule has 0 bridgehead atoms. The fourth-order valence-electron chi connectivity index (χ4n) is 1.75. The molecule has 17 heavy (non-hydrogen) atoms. The third kappa shape index (κ3) is 2.28. The van der Waals surface area contributed by atoms with Crippen molar-refractivity contribution in [1.29, 1.82) is 5.26 Å². The van der Waals surface area contributed by atoms with Crippen LogP contribution in [0, 0.1) is 18.3 Å². The Hall–Kier alpha value is -2.28. The molecule has 0 aliphatic carbocycles. The first-order valence-corrected chi connectivity index (χ1v) is 5.31. The highest BCUT2D eigenvalue weighted by molar-refractivity contribution is 5.34. The van der Waals surface area contributed by atoms with E-state index >= 15 is 0 Å². The van der Waals surface area contributed by atoms with Gasteiger partial charge < -0.3 is 4.74 Å². The number of aromatic nitrogens is 2. The quantitative estimate of drug-likeness (QED) is 0.807. The van der Waals surface area contributed by atoms with Crippen molar-refractivity contribution >= 4 is 0 Å². The minimum atomic E-state index is 0.542. The van der Waals surface area contributed by atoms with Gasteiger partial charge in [-0.3, -0.25) is 4.68 Å². The Morgan fingerprint density at radius 1 is 1.41 bits per heavy atom. The van der Waals surface area contributed by atoms with Gasteiger partial charge in [-0.15, -0.1) is 0 Å². The lowest BCUT2D eigenvalue weighted by atomic mass is 10.2. The maximum Gasteiger partial charge on any atom is 0.139 e. The van der Waals surface area contributed by atoms with E-state index in [0.717, 1.165) is 17.0 Å². The molecule has 0 atom stereocenters. The topological polar surface area (TPSA) is 50.8 Å². The highest BCUT2D eigenvalue weighted by Gasteiger charge is 2.08. The van der Waals surface area contributed by atoms with Gasteiger partial charge in [-0.05, 0) is 19.1 Å². The summed E-state index contributed by atoms with van der Waals surface area (Å²) in [5, 5.41) is 13.3. The fraction of sp³-hybridized carbons (Fsp3) is 0.231. The van der Waals surface area contributed by atoms with Crippen molar-refractivity contribution < 1.29 is 4.74 Å². The lowest BCUT2D eigenvalue weighted by molar-refractivity contribution is 0.407. The molecule has 2 rings (SSSR count). The molecule has 0 aliphatic rings. The van der Waals surface area contributed by atoms with Crippen LogP contribution in [0.15, 0.2) is 30.3 Å². The summed E-state index contributed by atoms with van der Waals surface area (Å²) < 4.78 is 6.96. The van der Waals surface area contributed by atoms with Gasteiger partial charge in [0.15, 0.2) is 0 Å². The monoisotopic (exact) mass is 227 g/mol. The average Bonchev–Trinajstić information content (AvgIpc) is 2.70. The molecule has 0 fully saturated rings. The van der Waals surface area contributed by atoms with Crippen LogP contribution >= 0.6 is 0 Å². The number of ether oxygens (including phenoxy) is 1. The van der Waals surface area contributed by atoms with Crippen LogP contribution < -0.4 is 4.74 Å². The standard InChI is InChI=1S/C13H13N3O/c1-10-7-12(8-14)16(15-10)9-11-5-3-4-6-13(11)17-2/h3-7H,9H2,1-2H3. The van der Waals surface area contributed by atoms with Gasteiger partial charge >= 0.3 is 0 Å². The third-order valence-electron chi connectivity index (χ3n) is 2.53. The van der Waals surface area contributed by atoms with E-state index in [1.54, 1.807) is 17.9 Å². The summed E-state index contributed by atoms with van der Waals surface area (Å²) in [6.45, 7) is 2.42. The van der Waals surface area contributed by atoms with Gasteiger partial charge in [-0.1, -0.05) is 18.2 Å².